The summed E-state index contributed by atoms with van der Waals surface area (Å²) in [7, 11) is -2.12. The van der Waals surface area contributed by atoms with E-state index < -0.39 is 10.0 Å². The quantitative estimate of drug-likeness (QED) is 0.426. The Morgan fingerprint density at radius 3 is 2.23 bits per heavy atom. The van der Waals surface area contributed by atoms with Gasteiger partial charge in [0, 0.05) is 11.3 Å². The molecular weight excluding hydrogens is 432 g/mol. The molecule has 0 fully saturated rings. The van der Waals surface area contributed by atoms with E-state index in [1.165, 1.54) is 19.2 Å². The van der Waals surface area contributed by atoms with Crippen LogP contribution in [0.25, 0.3) is 22.4 Å². The average Bonchev–Trinajstić information content (AvgIpc) is 2.81. The topological polar surface area (TPSA) is 84.0 Å². The molecule has 0 aliphatic rings. The molecule has 6 nitrogen and oxygen atoms in total. The summed E-state index contributed by atoms with van der Waals surface area (Å²) in [5.41, 5.74) is 4.29. The molecule has 0 amide bonds. The summed E-state index contributed by atoms with van der Waals surface area (Å²) in [5.74, 6) is 0.355. The van der Waals surface area contributed by atoms with Crippen LogP contribution in [-0.4, -0.2) is 25.4 Å². The summed E-state index contributed by atoms with van der Waals surface area (Å²) in [4.78, 5) is 8.99. The van der Waals surface area contributed by atoms with Gasteiger partial charge in [0.25, 0.3) is 0 Å². The summed E-state index contributed by atoms with van der Waals surface area (Å²) >= 11 is 6.39. The molecule has 0 aliphatic carbocycles. The standard InChI is InChI=1S/C23H19ClN4O2S/c1-25-31(29,30)20-12-10-19(11-13-20)27-23-26-15-21(24)22(28-23)18-9-5-8-17(14-18)16-6-3-2-4-7-16/h2-15,25H,1H3,(H,26,27,28). The lowest BCUT2D eigenvalue weighted by molar-refractivity contribution is 0.588. The fraction of sp³-hybridized carbons (Fsp3) is 0.0435. The smallest absolute Gasteiger partial charge is 0.240 e. The van der Waals surface area contributed by atoms with Crippen molar-refractivity contribution >= 4 is 33.3 Å². The Morgan fingerprint density at radius 1 is 0.839 bits per heavy atom. The lowest BCUT2D eigenvalue weighted by Gasteiger charge is -2.10. The van der Waals surface area contributed by atoms with Crippen molar-refractivity contribution in [2.45, 2.75) is 4.90 Å². The maximum absolute atomic E-state index is 11.9. The molecule has 4 aromatic rings. The van der Waals surface area contributed by atoms with E-state index >= 15 is 0 Å². The third-order valence-electron chi connectivity index (χ3n) is 4.68. The van der Waals surface area contributed by atoms with Gasteiger partial charge in [-0.05, 0) is 48.5 Å². The number of aromatic nitrogens is 2. The molecule has 2 N–H and O–H groups in total. The molecule has 0 unspecified atom stereocenters. The van der Waals surface area contributed by atoms with Crippen LogP contribution in [0.5, 0.6) is 0 Å². The van der Waals surface area contributed by atoms with Crippen LogP contribution in [0.4, 0.5) is 11.6 Å². The molecule has 0 saturated carbocycles. The van der Waals surface area contributed by atoms with E-state index in [-0.39, 0.29) is 4.90 Å². The van der Waals surface area contributed by atoms with E-state index in [0.29, 0.717) is 22.4 Å². The fourth-order valence-corrected chi connectivity index (χ4v) is 4.00. The lowest BCUT2D eigenvalue weighted by atomic mass is 10.0. The highest BCUT2D eigenvalue weighted by Crippen LogP contribution is 2.30. The van der Waals surface area contributed by atoms with E-state index in [0.717, 1.165) is 16.7 Å². The minimum atomic E-state index is -3.49. The second kappa shape index (κ2) is 8.85. The van der Waals surface area contributed by atoms with Gasteiger partial charge in [-0.15, -0.1) is 0 Å². The zero-order valence-electron chi connectivity index (χ0n) is 16.6. The highest BCUT2D eigenvalue weighted by atomic mass is 35.5. The largest absolute Gasteiger partial charge is 0.324 e. The number of rotatable bonds is 6. The molecule has 0 spiro atoms. The Kier molecular flexibility index (Phi) is 5.99. The maximum Gasteiger partial charge on any atom is 0.240 e. The molecule has 3 aromatic carbocycles. The van der Waals surface area contributed by atoms with Crippen LogP contribution in [0.3, 0.4) is 0 Å². The number of sulfonamides is 1. The van der Waals surface area contributed by atoms with Crippen LogP contribution in [-0.2, 0) is 10.0 Å². The SMILES string of the molecule is CNS(=O)(=O)c1ccc(Nc2ncc(Cl)c(-c3cccc(-c4ccccc4)c3)n2)cc1. The predicted molar refractivity (Wildman–Crippen MR) is 124 cm³/mol. The summed E-state index contributed by atoms with van der Waals surface area (Å²) in [6.45, 7) is 0. The van der Waals surface area contributed by atoms with E-state index in [2.05, 4.69) is 20.0 Å². The van der Waals surface area contributed by atoms with Gasteiger partial charge in [0.05, 0.1) is 21.8 Å². The molecule has 0 bridgehead atoms. The Labute approximate surface area is 186 Å². The van der Waals surface area contributed by atoms with Crippen molar-refractivity contribution in [3.05, 3.63) is 90.1 Å². The molecule has 0 saturated heterocycles. The van der Waals surface area contributed by atoms with Crippen molar-refractivity contribution in [1.82, 2.24) is 14.7 Å². The Bertz CT molecular complexity index is 1310. The molecular formula is C23H19ClN4O2S. The van der Waals surface area contributed by atoms with Crippen molar-refractivity contribution in [2.75, 3.05) is 12.4 Å². The number of halogens is 1. The number of benzene rings is 3. The number of nitrogens with one attached hydrogen (secondary N) is 2. The van der Waals surface area contributed by atoms with Crippen molar-refractivity contribution in [2.24, 2.45) is 0 Å². The highest BCUT2D eigenvalue weighted by Gasteiger charge is 2.12. The first kappa shape index (κ1) is 21.0. The minimum Gasteiger partial charge on any atom is -0.324 e. The molecule has 156 valence electrons. The van der Waals surface area contributed by atoms with Crippen LogP contribution < -0.4 is 10.0 Å². The van der Waals surface area contributed by atoms with Crippen LogP contribution in [0.1, 0.15) is 0 Å². The molecule has 0 aliphatic heterocycles. The molecule has 0 atom stereocenters. The summed E-state index contributed by atoms with van der Waals surface area (Å²) in [5, 5.41) is 3.52. The van der Waals surface area contributed by atoms with Crippen molar-refractivity contribution in [1.29, 1.82) is 0 Å². The van der Waals surface area contributed by atoms with Gasteiger partial charge >= 0.3 is 0 Å². The molecule has 1 aromatic heterocycles. The Morgan fingerprint density at radius 2 is 1.52 bits per heavy atom. The molecule has 31 heavy (non-hydrogen) atoms. The molecule has 4 rings (SSSR count). The molecule has 8 heteroatoms. The van der Waals surface area contributed by atoms with Crippen molar-refractivity contribution in [3.63, 3.8) is 0 Å². The van der Waals surface area contributed by atoms with Crippen LogP contribution in [0, 0.1) is 0 Å². The summed E-state index contributed by atoms with van der Waals surface area (Å²) in [6.07, 6.45) is 1.54. The van der Waals surface area contributed by atoms with Gasteiger partial charge in [0.1, 0.15) is 0 Å². The van der Waals surface area contributed by atoms with Gasteiger partial charge in [0.2, 0.25) is 16.0 Å². The fourth-order valence-electron chi connectivity index (χ4n) is 3.07. The van der Waals surface area contributed by atoms with Crippen molar-refractivity contribution in [3.8, 4) is 22.4 Å². The maximum atomic E-state index is 11.9. The second-order valence-corrected chi connectivity index (χ2v) is 8.99. The first-order valence-corrected chi connectivity index (χ1v) is 11.3. The first-order chi connectivity index (χ1) is 15.0. The van der Waals surface area contributed by atoms with Gasteiger partial charge in [-0.1, -0.05) is 60.1 Å². The number of hydrogen-bond donors (Lipinski definition) is 2. The predicted octanol–water partition coefficient (Wildman–Crippen LogP) is 5.12. The third-order valence-corrected chi connectivity index (χ3v) is 6.38. The van der Waals surface area contributed by atoms with Gasteiger partial charge < -0.3 is 5.32 Å². The van der Waals surface area contributed by atoms with Crippen molar-refractivity contribution < 1.29 is 8.42 Å². The Balaban J connectivity index is 1.63. The monoisotopic (exact) mass is 450 g/mol. The zero-order valence-corrected chi connectivity index (χ0v) is 18.2. The van der Waals surface area contributed by atoms with Gasteiger partial charge in [-0.3, -0.25) is 0 Å². The number of anilines is 2. The van der Waals surface area contributed by atoms with Gasteiger partial charge in [-0.2, -0.15) is 0 Å². The van der Waals surface area contributed by atoms with Gasteiger partial charge in [-0.25, -0.2) is 23.1 Å². The number of nitrogens with zero attached hydrogens (tertiary/aromatic N) is 2. The Hall–Kier alpha value is -3.26. The summed E-state index contributed by atoms with van der Waals surface area (Å²) < 4.78 is 26.0. The zero-order chi connectivity index (χ0) is 21.8. The third kappa shape index (κ3) is 4.74. The van der Waals surface area contributed by atoms with E-state index in [1.807, 2.05) is 54.6 Å². The summed E-state index contributed by atoms with van der Waals surface area (Å²) in [6, 6.07) is 24.4. The first-order valence-electron chi connectivity index (χ1n) is 9.45. The minimum absolute atomic E-state index is 0.177. The average molecular weight is 451 g/mol. The highest BCUT2D eigenvalue weighted by molar-refractivity contribution is 7.89. The van der Waals surface area contributed by atoms with Crippen LogP contribution >= 0.6 is 11.6 Å². The van der Waals surface area contributed by atoms with Crippen LogP contribution in [0.2, 0.25) is 5.02 Å². The van der Waals surface area contributed by atoms with Crippen LogP contribution in [0.15, 0.2) is 90.0 Å². The second-order valence-electron chi connectivity index (χ2n) is 6.69. The van der Waals surface area contributed by atoms with E-state index in [1.54, 1.807) is 18.3 Å². The van der Waals surface area contributed by atoms with Gasteiger partial charge in [0.15, 0.2) is 0 Å². The normalized spacial score (nSPS) is 11.3. The molecule has 0 radical (unpaired) electrons. The molecule has 1 heterocycles. The number of hydrogen-bond acceptors (Lipinski definition) is 5. The van der Waals surface area contributed by atoms with E-state index in [9.17, 15) is 8.42 Å². The van der Waals surface area contributed by atoms with E-state index in [4.69, 9.17) is 11.6 Å². The lowest BCUT2D eigenvalue weighted by Crippen LogP contribution is -2.18.